The maximum absolute atomic E-state index is 11.7. The lowest BCUT2D eigenvalue weighted by atomic mass is 10.1. The molecule has 1 unspecified atom stereocenters. The molecule has 0 fully saturated rings. The molecule has 0 aliphatic heterocycles. The Balaban J connectivity index is 2.23. The zero-order chi connectivity index (χ0) is 13.1. The van der Waals surface area contributed by atoms with Gasteiger partial charge in [0.05, 0.1) is 12.2 Å². The van der Waals surface area contributed by atoms with E-state index in [4.69, 9.17) is 5.73 Å². The van der Waals surface area contributed by atoms with Gasteiger partial charge < -0.3 is 5.73 Å². The van der Waals surface area contributed by atoms with Crippen LogP contribution in [0.2, 0.25) is 0 Å². The average Bonchev–Trinajstić information content (AvgIpc) is 2.34. The normalized spacial score (nSPS) is 12.4. The molecule has 4 heteroatoms. The molecule has 1 heterocycles. The molecule has 1 aromatic carbocycles. The summed E-state index contributed by atoms with van der Waals surface area (Å²) >= 11 is 0. The molecule has 2 aromatic rings. The van der Waals surface area contributed by atoms with Crippen LogP contribution in [0.25, 0.3) is 0 Å². The SMILES string of the molecule is Cc1cccc(C(N)Cn2nc(C)ccc2=O)c1. The molecular formula is C14H17N3O. The van der Waals surface area contributed by atoms with Gasteiger partial charge in [0.25, 0.3) is 5.56 Å². The van der Waals surface area contributed by atoms with Gasteiger partial charge in [0.2, 0.25) is 0 Å². The van der Waals surface area contributed by atoms with Gasteiger partial charge in [0.1, 0.15) is 0 Å². The number of benzene rings is 1. The minimum Gasteiger partial charge on any atom is -0.322 e. The van der Waals surface area contributed by atoms with Crippen molar-refractivity contribution < 1.29 is 0 Å². The molecule has 4 nitrogen and oxygen atoms in total. The third-order valence-electron chi connectivity index (χ3n) is 2.84. The van der Waals surface area contributed by atoms with Crippen molar-refractivity contribution in [3.8, 4) is 0 Å². The number of aryl methyl sites for hydroxylation is 2. The molecule has 0 aliphatic rings. The van der Waals surface area contributed by atoms with E-state index < -0.39 is 0 Å². The first-order chi connectivity index (χ1) is 8.56. The molecule has 0 radical (unpaired) electrons. The Morgan fingerprint density at radius 2 is 2.06 bits per heavy atom. The van der Waals surface area contributed by atoms with Gasteiger partial charge in [-0.15, -0.1) is 0 Å². The first kappa shape index (κ1) is 12.5. The monoisotopic (exact) mass is 243 g/mol. The van der Waals surface area contributed by atoms with Crippen LogP contribution in [-0.4, -0.2) is 9.78 Å². The summed E-state index contributed by atoms with van der Waals surface area (Å²) in [6.07, 6.45) is 0. The Kier molecular flexibility index (Phi) is 3.58. The van der Waals surface area contributed by atoms with E-state index in [9.17, 15) is 4.79 Å². The first-order valence-electron chi connectivity index (χ1n) is 5.93. The second-order valence-electron chi connectivity index (χ2n) is 4.52. The number of nitrogens with zero attached hydrogens (tertiary/aromatic N) is 2. The largest absolute Gasteiger partial charge is 0.322 e. The highest BCUT2D eigenvalue weighted by Crippen LogP contribution is 2.13. The van der Waals surface area contributed by atoms with E-state index in [0.717, 1.165) is 16.8 Å². The second-order valence-corrected chi connectivity index (χ2v) is 4.52. The minimum atomic E-state index is -0.225. The maximum Gasteiger partial charge on any atom is 0.266 e. The summed E-state index contributed by atoms with van der Waals surface area (Å²) in [6, 6.07) is 11.0. The lowest BCUT2D eigenvalue weighted by Crippen LogP contribution is -2.28. The van der Waals surface area contributed by atoms with Crippen LogP contribution in [0.5, 0.6) is 0 Å². The van der Waals surface area contributed by atoms with E-state index in [2.05, 4.69) is 5.10 Å². The van der Waals surface area contributed by atoms with Crippen molar-refractivity contribution in [3.63, 3.8) is 0 Å². The Morgan fingerprint density at radius 3 is 2.78 bits per heavy atom. The third-order valence-corrected chi connectivity index (χ3v) is 2.84. The molecule has 94 valence electrons. The number of aromatic nitrogens is 2. The van der Waals surface area contributed by atoms with Crippen molar-refractivity contribution in [2.45, 2.75) is 26.4 Å². The van der Waals surface area contributed by atoms with Gasteiger partial charge >= 0.3 is 0 Å². The third kappa shape index (κ3) is 2.84. The molecule has 0 amide bonds. The Bertz CT molecular complexity index is 604. The van der Waals surface area contributed by atoms with Crippen molar-refractivity contribution in [1.82, 2.24) is 9.78 Å². The summed E-state index contributed by atoms with van der Waals surface area (Å²) in [4.78, 5) is 11.7. The summed E-state index contributed by atoms with van der Waals surface area (Å²) in [6.45, 7) is 4.27. The molecule has 0 saturated heterocycles. The Morgan fingerprint density at radius 1 is 1.28 bits per heavy atom. The van der Waals surface area contributed by atoms with E-state index in [1.54, 1.807) is 6.07 Å². The number of nitrogens with two attached hydrogens (primary N) is 1. The van der Waals surface area contributed by atoms with E-state index in [1.807, 2.05) is 38.1 Å². The van der Waals surface area contributed by atoms with Crippen molar-refractivity contribution in [2.75, 3.05) is 0 Å². The molecule has 18 heavy (non-hydrogen) atoms. The molecule has 0 aliphatic carbocycles. The highest BCUT2D eigenvalue weighted by molar-refractivity contribution is 5.24. The lowest BCUT2D eigenvalue weighted by Gasteiger charge is -2.13. The predicted molar refractivity (Wildman–Crippen MR) is 71.3 cm³/mol. The van der Waals surface area contributed by atoms with Crippen molar-refractivity contribution in [3.05, 3.63) is 63.6 Å². The van der Waals surface area contributed by atoms with E-state index in [-0.39, 0.29) is 11.6 Å². The molecule has 2 N–H and O–H groups in total. The highest BCUT2D eigenvalue weighted by Gasteiger charge is 2.08. The quantitative estimate of drug-likeness (QED) is 0.890. The van der Waals surface area contributed by atoms with Crippen LogP contribution in [0.3, 0.4) is 0 Å². The van der Waals surface area contributed by atoms with E-state index >= 15 is 0 Å². The smallest absolute Gasteiger partial charge is 0.266 e. The number of hydrogen-bond acceptors (Lipinski definition) is 3. The lowest BCUT2D eigenvalue weighted by molar-refractivity contribution is 0.499. The topological polar surface area (TPSA) is 60.9 Å². The van der Waals surface area contributed by atoms with Crippen molar-refractivity contribution in [1.29, 1.82) is 0 Å². The maximum atomic E-state index is 11.7. The van der Waals surface area contributed by atoms with Gasteiger partial charge in [-0.1, -0.05) is 29.8 Å². The minimum absolute atomic E-state index is 0.122. The van der Waals surface area contributed by atoms with Gasteiger partial charge in [-0.3, -0.25) is 4.79 Å². The van der Waals surface area contributed by atoms with Crippen LogP contribution < -0.4 is 11.3 Å². The van der Waals surface area contributed by atoms with Crippen molar-refractivity contribution in [2.24, 2.45) is 5.73 Å². The van der Waals surface area contributed by atoms with Crippen LogP contribution in [-0.2, 0) is 6.54 Å². The van der Waals surface area contributed by atoms with Gasteiger partial charge in [-0.25, -0.2) is 4.68 Å². The van der Waals surface area contributed by atoms with Crippen LogP contribution in [0.4, 0.5) is 0 Å². The van der Waals surface area contributed by atoms with Crippen LogP contribution in [0.1, 0.15) is 22.9 Å². The Hall–Kier alpha value is -1.94. The van der Waals surface area contributed by atoms with Crippen LogP contribution >= 0.6 is 0 Å². The average molecular weight is 243 g/mol. The van der Waals surface area contributed by atoms with Crippen molar-refractivity contribution >= 4 is 0 Å². The summed E-state index contributed by atoms with van der Waals surface area (Å²) in [5.41, 5.74) is 8.98. The molecule has 0 spiro atoms. The zero-order valence-electron chi connectivity index (χ0n) is 10.6. The molecular weight excluding hydrogens is 226 g/mol. The molecule has 2 rings (SSSR count). The van der Waals surface area contributed by atoms with Gasteiger partial charge in [0.15, 0.2) is 0 Å². The summed E-state index contributed by atoms with van der Waals surface area (Å²) < 4.78 is 1.42. The second kappa shape index (κ2) is 5.14. The molecule has 1 aromatic heterocycles. The van der Waals surface area contributed by atoms with Gasteiger partial charge in [-0.2, -0.15) is 5.10 Å². The summed E-state index contributed by atoms with van der Waals surface area (Å²) in [5.74, 6) is 0. The summed E-state index contributed by atoms with van der Waals surface area (Å²) in [7, 11) is 0. The standard InChI is InChI=1S/C14H17N3O/c1-10-4-3-5-12(8-10)13(15)9-17-14(18)7-6-11(2)16-17/h3-8,13H,9,15H2,1-2H3. The molecule has 0 saturated carbocycles. The van der Waals surface area contributed by atoms with Gasteiger partial charge in [-0.05, 0) is 25.5 Å². The fourth-order valence-electron chi connectivity index (χ4n) is 1.87. The Labute approximate surface area is 106 Å². The fourth-order valence-corrected chi connectivity index (χ4v) is 1.87. The van der Waals surface area contributed by atoms with Crippen LogP contribution in [0, 0.1) is 13.8 Å². The number of rotatable bonds is 3. The van der Waals surface area contributed by atoms with E-state index in [0.29, 0.717) is 6.54 Å². The molecule has 1 atom stereocenters. The first-order valence-corrected chi connectivity index (χ1v) is 5.93. The highest BCUT2D eigenvalue weighted by atomic mass is 16.1. The molecule has 0 bridgehead atoms. The summed E-state index contributed by atoms with van der Waals surface area (Å²) in [5, 5.41) is 4.18. The van der Waals surface area contributed by atoms with Gasteiger partial charge in [0, 0.05) is 12.1 Å². The van der Waals surface area contributed by atoms with E-state index in [1.165, 1.54) is 10.7 Å². The fraction of sp³-hybridized carbons (Fsp3) is 0.286. The predicted octanol–water partition coefficient (Wildman–Crippen LogP) is 1.56. The number of hydrogen-bond donors (Lipinski definition) is 1. The van der Waals surface area contributed by atoms with Crippen LogP contribution in [0.15, 0.2) is 41.2 Å². The zero-order valence-corrected chi connectivity index (χ0v) is 10.6.